The molecule has 0 spiro atoms. The van der Waals surface area contributed by atoms with Crippen molar-refractivity contribution >= 4 is 41.2 Å². The smallest absolute Gasteiger partial charge is 0.229 e. The van der Waals surface area contributed by atoms with Gasteiger partial charge in [0.15, 0.2) is 14.5 Å². The van der Waals surface area contributed by atoms with Gasteiger partial charge in [-0.25, -0.2) is 16.8 Å². The van der Waals surface area contributed by atoms with Crippen molar-refractivity contribution in [1.82, 2.24) is 0 Å². The molecule has 1 aliphatic rings. The number of rotatable bonds is 2. The quantitative estimate of drug-likeness (QED) is 0.541. The highest BCUT2D eigenvalue weighted by Crippen LogP contribution is 2.29. The molecule has 8 heteroatoms. The van der Waals surface area contributed by atoms with Crippen LogP contribution in [0.2, 0.25) is 0 Å². The summed E-state index contributed by atoms with van der Waals surface area (Å²) in [7, 11) is -1.97. The molecule has 4 nitrogen and oxygen atoms in total. The molecule has 1 rings (SSSR count). The minimum absolute atomic E-state index is 0.00665. The minimum atomic E-state index is -3.86. The van der Waals surface area contributed by atoms with Gasteiger partial charge in [0, 0.05) is 16.6 Å². The van der Waals surface area contributed by atoms with Crippen LogP contribution < -0.4 is 0 Å². The van der Waals surface area contributed by atoms with Crippen LogP contribution in [0, 0.1) is 5.92 Å². The van der Waals surface area contributed by atoms with Crippen molar-refractivity contribution < 1.29 is 16.8 Å². The lowest BCUT2D eigenvalue weighted by molar-refractivity contribution is 0.571. The SMILES string of the molecule is O=S1(=O)CCC(C(Cl)S(=O)(=O)Cl)C1. The zero-order valence-electron chi connectivity index (χ0n) is 6.48. The maximum atomic E-state index is 11.0. The van der Waals surface area contributed by atoms with Crippen LogP contribution in [0.4, 0.5) is 0 Å². The Morgan fingerprint density at radius 3 is 2.23 bits per heavy atom. The second kappa shape index (κ2) is 3.56. The second-order valence-electron chi connectivity index (χ2n) is 2.99. The van der Waals surface area contributed by atoms with Crippen LogP contribution in [0.1, 0.15) is 6.42 Å². The lowest BCUT2D eigenvalue weighted by Crippen LogP contribution is -2.21. The third-order valence-corrected chi connectivity index (χ3v) is 6.53. The number of sulfone groups is 1. The topological polar surface area (TPSA) is 68.3 Å². The maximum Gasteiger partial charge on any atom is 0.249 e. The summed E-state index contributed by atoms with van der Waals surface area (Å²) < 4.78 is 42.2. The molecule has 0 bridgehead atoms. The molecule has 0 amide bonds. The van der Waals surface area contributed by atoms with Gasteiger partial charge in [-0.3, -0.25) is 0 Å². The summed E-state index contributed by atoms with van der Waals surface area (Å²) in [5, 5.41) is 0. The normalized spacial score (nSPS) is 30.2. The second-order valence-corrected chi connectivity index (χ2v) is 8.70. The molecule has 2 unspecified atom stereocenters. The number of alkyl halides is 1. The van der Waals surface area contributed by atoms with Crippen LogP contribution in [0.15, 0.2) is 0 Å². The predicted molar refractivity (Wildman–Crippen MR) is 51.2 cm³/mol. The van der Waals surface area contributed by atoms with E-state index in [2.05, 4.69) is 0 Å². The first-order chi connectivity index (χ1) is 5.72. The number of halogens is 2. The molecule has 2 atom stereocenters. The van der Waals surface area contributed by atoms with Crippen molar-refractivity contribution in [3.63, 3.8) is 0 Å². The molecule has 0 N–H and O–H groups in total. The average molecular weight is 267 g/mol. The Labute approximate surface area is 86.6 Å². The molecule has 0 aromatic rings. The fourth-order valence-corrected chi connectivity index (χ4v) is 4.67. The standard InChI is InChI=1S/C5H8Cl2O4S2/c6-5(13(7,10)11)4-1-2-12(8,9)3-4/h4-5H,1-3H2. The molecule has 1 saturated heterocycles. The summed E-state index contributed by atoms with van der Waals surface area (Å²) in [4.78, 5) is 0. The van der Waals surface area contributed by atoms with Gasteiger partial charge in [0.25, 0.3) is 0 Å². The van der Waals surface area contributed by atoms with Gasteiger partial charge in [0.1, 0.15) is 0 Å². The summed E-state index contributed by atoms with van der Waals surface area (Å²) in [5.74, 6) is -0.769. The highest BCUT2D eigenvalue weighted by molar-refractivity contribution is 8.15. The Morgan fingerprint density at radius 1 is 1.38 bits per heavy atom. The first kappa shape index (κ1) is 11.6. The lowest BCUT2D eigenvalue weighted by Gasteiger charge is -2.10. The molecular weight excluding hydrogens is 259 g/mol. The fourth-order valence-electron chi connectivity index (χ4n) is 1.26. The van der Waals surface area contributed by atoms with E-state index in [1.54, 1.807) is 0 Å². The van der Waals surface area contributed by atoms with Crippen LogP contribution in [0.25, 0.3) is 0 Å². The first-order valence-electron chi connectivity index (χ1n) is 3.50. The maximum absolute atomic E-state index is 11.0. The molecule has 13 heavy (non-hydrogen) atoms. The summed E-state index contributed by atoms with van der Waals surface area (Å²) >= 11 is 5.51. The van der Waals surface area contributed by atoms with Crippen LogP contribution in [0.5, 0.6) is 0 Å². The molecule has 0 aliphatic carbocycles. The van der Waals surface area contributed by atoms with Crippen molar-refractivity contribution in [2.45, 2.75) is 11.1 Å². The van der Waals surface area contributed by atoms with Crippen LogP contribution in [0.3, 0.4) is 0 Å². The van der Waals surface area contributed by atoms with E-state index in [1.807, 2.05) is 0 Å². The Bertz CT molecular complexity index is 385. The Balaban J connectivity index is 2.79. The van der Waals surface area contributed by atoms with Gasteiger partial charge in [-0.1, -0.05) is 0 Å². The largest absolute Gasteiger partial charge is 0.249 e. The van der Waals surface area contributed by atoms with Gasteiger partial charge in [0.05, 0.1) is 11.5 Å². The van der Waals surface area contributed by atoms with Crippen molar-refractivity contribution in [2.75, 3.05) is 11.5 Å². The van der Waals surface area contributed by atoms with Crippen LogP contribution >= 0.6 is 22.3 Å². The highest BCUT2D eigenvalue weighted by Gasteiger charge is 2.38. The van der Waals surface area contributed by atoms with E-state index in [-0.39, 0.29) is 17.9 Å². The van der Waals surface area contributed by atoms with E-state index >= 15 is 0 Å². The molecule has 1 fully saturated rings. The molecular formula is C5H8Cl2O4S2. The van der Waals surface area contributed by atoms with Gasteiger partial charge < -0.3 is 0 Å². The van der Waals surface area contributed by atoms with E-state index in [1.165, 1.54) is 0 Å². The average Bonchev–Trinajstić information content (AvgIpc) is 2.26. The van der Waals surface area contributed by atoms with E-state index in [0.717, 1.165) is 0 Å². The molecule has 0 saturated carbocycles. The third-order valence-electron chi connectivity index (χ3n) is 1.91. The molecule has 1 heterocycles. The zero-order chi connectivity index (χ0) is 10.3. The van der Waals surface area contributed by atoms with Gasteiger partial charge in [-0.2, -0.15) is 0 Å². The van der Waals surface area contributed by atoms with Gasteiger partial charge in [-0.15, -0.1) is 11.6 Å². The third kappa shape index (κ3) is 2.97. The van der Waals surface area contributed by atoms with Gasteiger partial charge >= 0.3 is 0 Å². The summed E-state index contributed by atoms with van der Waals surface area (Å²) in [6.45, 7) is 0. The Kier molecular flexibility index (Phi) is 3.17. The summed E-state index contributed by atoms with van der Waals surface area (Å²) in [6.07, 6.45) is 0.266. The number of hydrogen-bond acceptors (Lipinski definition) is 4. The van der Waals surface area contributed by atoms with E-state index in [0.29, 0.717) is 0 Å². The van der Waals surface area contributed by atoms with Crippen LogP contribution in [-0.4, -0.2) is 33.1 Å². The van der Waals surface area contributed by atoms with E-state index in [4.69, 9.17) is 22.3 Å². The van der Waals surface area contributed by atoms with E-state index < -0.39 is 29.5 Å². The lowest BCUT2D eigenvalue weighted by atomic mass is 10.2. The van der Waals surface area contributed by atoms with Gasteiger partial charge in [-0.05, 0) is 6.42 Å². The molecule has 0 aromatic heterocycles. The Hall–Kier alpha value is 0.480. The summed E-state index contributed by atoms with van der Waals surface area (Å²) in [5.41, 5.74) is 0. The molecule has 1 aliphatic heterocycles. The molecule has 0 radical (unpaired) electrons. The zero-order valence-corrected chi connectivity index (χ0v) is 9.63. The van der Waals surface area contributed by atoms with Crippen molar-refractivity contribution in [2.24, 2.45) is 5.92 Å². The monoisotopic (exact) mass is 266 g/mol. The summed E-state index contributed by atoms with van der Waals surface area (Å²) in [6, 6.07) is 0. The molecule has 0 aromatic carbocycles. The highest BCUT2D eigenvalue weighted by atomic mass is 35.7. The van der Waals surface area contributed by atoms with Gasteiger partial charge in [0.2, 0.25) is 9.05 Å². The molecule has 78 valence electrons. The van der Waals surface area contributed by atoms with Crippen molar-refractivity contribution in [3.05, 3.63) is 0 Å². The van der Waals surface area contributed by atoms with Crippen LogP contribution in [-0.2, 0) is 18.9 Å². The number of hydrogen-bond donors (Lipinski definition) is 0. The van der Waals surface area contributed by atoms with E-state index in [9.17, 15) is 16.8 Å². The fraction of sp³-hybridized carbons (Fsp3) is 1.00. The first-order valence-corrected chi connectivity index (χ1v) is 8.13. The minimum Gasteiger partial charge on any atom is -0.229 e. The van der Waals surface area contributed by atoms with Crippen molar-refractivity contribution in [1.29, 1.82) is 0 Å². The van der Waals surface area contributed by atoms with Crippen molar-refractivity contribution in [3.8, 4) is 0 Å². The Morgan fingerprint density at radius 2 is 1.92 bits per heavy atom. The predicted octanol–water partition coefficient (Wildman–Crippen LogP) is 0.555.